The third-order valence-electron chi connectivity index (χ3n) is 2.40. The topological polar surface area (TPSA) is 47.2 Å². The monoisotopic (exact) mass is 313 g/mol. The Morgan fingerprint density at radius 2 is 2.35 bits per heavy atom. The van der Waals surface area contributed by atoms with Crippen LogP contribution in [0.4, 0.5) is 0 Å². The predicted octanol–water partition coefficient (Wildman–Crippen LogP) is 3.81. The van der Waals surface area contributed by atoms with Crippen molar-refractivity contribution < 1.29 is 0 Å². The normalized spacial score (nSPS) is 12.4. The number of benzene rings is 1. The zero-order chi connectivity index (χ0) is 12.3. The van der Waals surface area contributed by atoms with E-state index in [0.717, 1.165) is 10.0 Å². The van der Waals surface area contributed by atoms with E-state index in [9.17, 15) is 4.91 Å². The Bertz CT molecular complexity index is 515. The summed E-state index contributed by atoms with van der Waals surface area (Å²) in [6.07, 6.45) is 5.10. The highest BCUT2D eigenvalue weighted by atomic mass is 79.9. The molecule has 1 unspecified atom stereocenters. The molecule has 1 aromatic carbocycles. The quantitative estimate of drug-likeness (QED) is 0.806. The highest BCUT2D eigenvalue weighted by molar-refractivity contribution is 9.10. The lowest BCUT2D eigenvalue weighted by Gasteiger charge is -2.10. The van der Waals surface area contributed by atoms with Gasteiger partial charge in [0, 0.05) is 16.9 Å². The molecule has 17 heavy (non-hydrogen) atoms. The molecule has 0 aliphatic rings. The van der Waals surface area contributed by atoms with Gasteiger partial charge in [-0.1, -0.05) is 22.8 Å². The molecule has 0 bridgehead atoms. The second-order valence-electron chi connectivity index (χ2n) is 3.55. The van der Waals surface area contributed by atoms with E-state index in [1.165, 1.54) is 0 Å². The molecule has 2 aromatic rings. The summed E-state index contributed by atoms with van der Waals surface area (Å²) < 4.78 is 2.61. The minimum absolute atomic E-state index is 0.460. The zero-order valence-electron chi connectivity index (χ0n) is 8.75. The molecule has 0 spiro atoms. The first kappa shape index (κ1) is 12.3. The predicted molar refractivity (Wildman–Crippen MR) is 69.9 cm³/mol. The Morgan fingerprint density at radius 1 is 1.53 bits per heavy atom. The lowest BCUT2D eigenvalue weighted by Crippen LogP contribution is -2.05. The number of nitrogens with zero attached hydrogens (tertiary/aromatic N) is 3. The van der Waals surface area contributed by atoms with E-state index < -0.39 is 6.04 Å². The molecule has 0 saturated carbocycles. The minimum atomic E-state index is -0.463. The maximum Gasteiger partial charge on any atom is 0.135 e. The van der Waals surface area contributed by atoms with Gasteiger partial charge in [0.2, 0.25) is 0 Å². The van der Waals surface area contributed by atoms with E-state index >= 15 is 0 Å². The fourth-order valence-electron chi connectivity index (χ4n) is 1.51. The number of halogens is 2. The maximum atomic E-state index is 10.9. The number of hydrogen-bond donors (Lipinski definition) is 0. The molecule has 1 heterocycles. The molecule has 0 fully saturated rings. The minimum Gasteiger partial charge on any atom is -0.335 e. The van der Waals surface area contributed by atoms with Gasteiger partial charge < -0.3 is 4.57 Å². The molecule has 1 atom stereocenters. The van der Waals surface area contributed by atoms with Crippen LogP contribution in [-0.4, -0.2) is 9.55 Å². The van der Waals surface area contributed by atoms with Gasteiger partial charge >= 0.3 is 0 Å². The van der Waals surface area contributed by atoms with Gasteiger partial charge in [-0.25, -0.2) is 4.98 Å². The van der Waals surface area contributed by atoms with Gasteiger partial charge in [-0.3, -0.25) is 0 Å². The largest absolute Gasteiger partial charge is 0.335 e. The molecule has 0 aliphatic carbocycles. The van der Waals surface area contributed by atoms with Crippen molar-refractivity contribution in [3.05, 3.63) is 56.9 Å². The van der Waals surface area contributed by atoms with Gasteiger partial charge in [-0.05, 0) is 33.6 Å². The second-order valence-corrected chi connectivity index (χ2v) is 4.82. The summed E-state index contributed by atoms with van der Waals surface area (Å²) >= 11 is 9.29. The highest BCUT2D eigenvalue weighted by Gasteiger charge is 2.13. The summed E-state index contributed by atoms with van der Waals surface area (Å²) in [5.74, 6) is 0. The maximum absolute atomic E-state index is 10.9. The molecule has 88 valence electrons. The molecule has 0 amide bonds. The Hall–Kier alpha value is -1.20. The van der Waals surface area contributed by atoms with Crippen molar-refractivity contribution in [2.75, 3.05) is 0 Å². The van der Waals surface area contributed by atoms with Crippen LogP contribution < -0.4 is 0 Å². The Morgan fingerprint density at radius 3 is 2.94 bits per heavy atom. The standard InChI is InChI=1S/C11H9BrClN3O/c12-9-2-1-8(5-10(9)13)11(15-17)6-16-4-3-14-7-16/h1-5,7,11H,6H2. The summed E-state index contributed by atoms with van der Waals surface area (Å²) in [5.41, 5.74) is 0.793. The molecule has 0 radical (unpaired) electrons. The van der Waals surface area contributed by atoms with E-state index in [1.807, 2.05) is 16.7 Å². The number of imidazole rings is 1. The van der Waals surface area contributed by atoms with Crippen LogP contribution >= 0.6 is 27.5 Å². The van der Waals surface area contributed by atoms with Gasteiger partial charge in [0.15, 0.2) is 0 Å². The van der Waals surface area contributed by atoms with Gasteiger partial charge in [-0.2, -0.15) is 4.91 Å². The smallest absolute Gasteiger partial charge is 0.135 e. The molecule has 6 heteroatoms. The fourth-order valence-corrected chi connectivity index (χ4v) is 1.95. The molecular weight excluding hydrogens is 305 g/mol. The van der Waals surface area contributed by atoms with Gasteiger partial charge in [-0.15, -0.1) is 0 Å². The van der Waals surface area contributed by atoms with Gasteiger partial charge in [0.1, 0.15) is 6.04 Å². The van der Waals surface area contributed by atoms with Crippen LogP contribution in [0.2, 0.25) is 5.02 Å². The summed E-state index contributed by atoms with van der Waals surface area (Å²) in [6, 6.07) is 4.92. The Balaban J connectivity index is 2.23. The zero-order valence-corrected chi connectivity index (χ0v) is 11.1. The van der Waals surface area contributed by atoms with Gasteiger partial charge in [0.05, 0.1) is 17.9 Å². The molecule has 0 saturated heterocycles. The van der Waals surface area contributed by atoms with Crippen LogP contribution in [0.15, 0.2) is 46.6 Å². The van der Waals surface area contributed by atoms with Crippen molar-refractivity contribution in [1.29, 1.82) is 0 Å². The first-order chi connectivity index (χ1) is 8.20. The summed E-state index contributed by atoms with van der Waals surface area (Å²) in [7, 11) is 0. The van der Waals surface area contributed by atoms with Crippen LogP contribution in [0.1, 0.15) is 11.6 Å². The van der Waals surface area contributed by atoms with Crippen molar-refractivity contribution in [2.24, 2.45) is 5.18 Å². The first-order valence-corrected chi connectivity index (χ1v) is 6.11. The van der Waals surface area contributed by atoms with Crippen LogP contribution in [0.3, 0.4) is 0 Å². The van der Waals surface area contributed by atoms with Crippen LogP contribution in [0.25, 0.3) is 0 Å². The molecule has 0 aliphatic heterocycles. The average molecular weight is 315 g/mol. The van der Waals surface area contributed by atoms with Crippen molar-refractivity contribution in [3.63, 3.8) is 0 Å². The van der Waals surface area contributed by atoms with Gasteiger partial charge in [0.25, 0.3) is 0 Å². The van der Waals surface area contributed by atoms with Crippen molar-refractivity contribution in [1.82, 2.24) is 9.55 Å². The SMILES string of the molecule is O=NC(Cn1ccnc1)c1ccc(Br)c(Cl)c1. The Kier molecular flexibility index (Phi) is 3.91. The lowest BCUT2D eigenvalue weighted by molar-refractivity contribution is 0.575. The summed E-state index contributed by atoms with van der Waals surface area (Å²) in [6.45, 7) is 0.460. The first-order valence-electron chi connectivity index (χ1n) is 4.94. The van der Waals surface area contributed by atoms with E-state index in [1.54, 1.807) is 24.8 Å². The molecule has 4 nitrogen and oxygen atoms in total. The molecule has 0 N–H and O–H groups in total. The Labute approximate surface area is 112 Å². The van der Waals surface area contributed by atoms with Crippen LogP contribution in [-0.2, 0) is 6.54 Å². The second kappa shape index (κ2) is 5.42. The van der Waals surface area contributed by atoms with Crippen LogP contribution in [0.5, 0.6) is 0 Å². The van der Waals surface area contributed by atoms with Crippen molar-refractivity contribution in [3.8, 4) is 0 Å². The fraction of sp³-hybridized carbons (Fsp3) is 0.182. The number of nitroso groups, excluding NO2 is 1. The average Bonchev–Trinajstić information content (AvgIpc) is 2.82. The molecular formula is C11H9BrClN3O. The summed E-state index contributed by atoms with van der Waals surface area (Å²) in [5, 5.41) is 3.70. The van der Waals surface area contributed by atoms with E-state index in [2.05, 4.69) is 26.1 Å². The number of aromatic nitrogens is 2. The van der Waals surface area contributed by atoms with Crippen molar-refractivity contribution in [2.45, 2.75) is 12.6 Å². The van der Waals surface area contributed by atoms with E-state index in [0.29, 0.717) is 11.6 Å². The third kappa shape index (κ3) is 2.92. The number of hydrogen-bond acceptors (Lipinski definition) is 3. The highest BCUT2D eigenvalue weighted by Crippen LogP contribution is 2.28. The van der Waals surface area contributed by atoms with Crippen molar-refractivity contribution >= 4 is 27.5 Å². The van der Waals surface area contributed by atoms with E-state index in [4.69, 9.17) is 11.6 Å². The van der Waals surface area contributed by atoms with E-state index in [-0.39, 0.29) is 0 Å². The third-order valence-corrected chi connectivity index (χ3v) is 3.63. The number of rotatable bonds is 4. The van der Waals surface area contributed by atoms with Crippen LogP contribution in [0, 0.1) is 4.91 Å². The lowest BCUT2D eigenvalue weighted by atomic mass is 10.1. The molecule has 1 aromatic heterocycles. The molecule has 2 rings (SSSR count). The summed E-state index contributed by atoms with van der Waals surface area (Å²) in [4.78, 5) is 14.8.